The standard InChI is InChI=1S/C22H23ClN4O2/c23-19-6-5-15-9-12-27(22(28)21(15)24-19)14-13-26-10-7-16(8-11-26)20-17-3-1-2-4-18(17)29-25-20/h1-6,16H,7-14H2. The molecule has 5 rings (SSSR count). The summed E-state index contributed by atoms with van der Waals surface area (Å²) < 4.78 is 5.48. The molecule has 1 fully saturated rings. The van der Waals surface area contributed by atoms with E-state index < -0.39 is 0 Å². The summed E-state index contributed by atoms with van der Waals surface area (Å²) in [5.41, 5.74) is 3.46. The van der Waals surface area contributed by atoms with Gasteiger partial charge in [0, 0.05) is 30.9 Å². The van der Waals surface area contributed by atoms with Crippen molar-refractivity contribution in [3.63, 3.8) is 0 Å². The second-order valence-corrected chi connectivity index (χ2v) is 8.25. The van der Waals surface area contributed by atoms with Gasteiger partial charge in [-0.3, -0.25) is 4.79 Å². The molecule has 150 valence electrons. The molecular formula is C22H23ClN4O2. The molecule has 7 heteroatoms. The highest BCUT2D eigenvalue weighted by molar-refractivity contribution is 6.29. The van der Waals surface area contributed by atoms with Gasteiger partial charge >= 0.3 is 0 Å². The molecule has 0 unspecified atom stereocenters. The highest BCUT2D eigenvalue weighted by atomic mass is 35.5. The zero-order valence-electron chi connectivity index (χ0n) is 16.2. The van der Waals surface area contributed by atoms with E-state index >= 15 is 0 Å². The molecule has 29 heavy (non-hydrogen) atoms. The number of carbonyl (C=O) groups is 1. The Balaban J connectivity index is 1.17. The summed E-state index contributed by atoms with van der Waals surface area (Å²) in [7, 11) is 0. The van der Waals surface area contributed by atoms with Gasteiger partial charge in [-0.05, 0) is 56.1 Å². The Labute approximate surface area is 174 Å². The second-order valence-electron chi connectivity index (χ2n) is 7.86. The van der Waals surface area contributed by atoms with Crippen LogP contribution in [-0.2, 0) is 6.42 Å². The first-order chi connectivity index (χ1) is 14.2. The van der Waals surface area contributed by atoms with E-state index in [1.165, 1.54) is 0 Å². The molecule has 2 aliphatic heterocycles. The summed E-state index contributed by atoms with van der Waals surface area (Å²) in [4.78, 5) is 21.3. The van der Waals surface area contributed by atoms with Crippen molar-refractivity contribution in [1.29, 1.82) is 0 Å². The van der Waals surface area contributed by atoms with Gasteiger partial charge in [0.05, 0.1) is 5.69 Å². The first-order valence-electron chi connectivity index (χ1n) is 10.2. The maximum atomic E-state index is 12.7. The largest absolute Gasteiger partial charge is 0.356 e. The zero-order valence-corrected chi connectivity index (χ0v) is 16.9. The topological polar surface area (TPSA) is 62.5 Å². The van der Waals surface area contributed by atoms with E-state index in [9.17, 15) is 4.79 Å². The molecule has 0 aliphatic carbocycles. The Morgan fingerprint density at radius 2 is 1.90 bits per heavy atom. The van der Waals surface area contributed by atoms with Crippen molar-refractivity contribution in [2.75, 3.05) is 32.7 Å². The number of fused-ring (bicyclic) bond motifs is 2. The molecule has 3 aromatic rings. The van der Waals surface area contributed by atoms with Crippen LogP contribution in [0.25, 0.3) is 11.0 Å². The molecule has 0 spiro atoms. The lowest BCUT2D eigenvalue weighted by Crippen LogP contribution is -2.44. The number of likely N-dealkylation sites (tertiary alicyclic amines) is 1. The number of pyridine rings is 1. The van der Waals surface area contributed by atoms with Gasteiger partial charge in [-0.25, -0.2) is 4.98 Å². The summed E-state index contributed by atoms with van der Waals surface area (Å²) in [5, 5.41) is 5.85. The van der Waals surface area contributed by atoms with Crippen molar-refractivity contribution in [2.45, 2.75) is 25.2 Å². The van der Waals surface area contributed by atoms with Crippen LogP contribution >= 0.6 is 11.6 Å². The minimum Gasteiger partial charge on any atom is -0.356 e. The van der Waals surface area contributed by atoms with Gasteiger partial charge in [-0.2, -0.15) is 0 Å². The van der Waals surface area contributed by atoms with Crippen LogP contribution in [0.15, 0.2) is 40.9 Å². The van der Waals surface area contributed by atoms with Crippen LogP contribution in [0.1, 0.15) is 40.5 Å². The van der Waals surface area contributed by atoms with Crippen molar-refractivity contribution in [1.82, 2.24) is 19.9 Å². The lowest BCUT2D eigenvalue weighted by atomic mass is 9.91. The average molecular weight is 411 g/mol. The van der Waals surface area contributed by atoms with Gasteiger partial charge in [-0.1, -0.05) is 35.0 Å². The number of nitrogens with zero attached hydrogens (tertiary/aromatic N) is 4. The molecule has 1 aromatic carbocycles. The van der Waals surface area contributed by atoms with Crippen LogP contribution < -0.4 is 0 Å². The molecule has 6 nitrogen and oxygen atoms in total. The Kier molecular flexibility index (Phi) is 4.97. The minimum absolute atomic E-state index is 0.00213. The molecule has 0 radical (unpaired) electrons. The van der Waals surface area contributed by atoms with Crippen molar-refractivity contribution in [2.24, 2.45) is 0 Å². The molecule has 0 bridgehead atoms. The number of carbonyl (C=O) groups excluding carboxylic acids is 1. The van der Waals surface area contributed by atoms with E-state index in [1.807, 2.05) is 29.2 Å². The highest BCUT2D eigenvalue weighted by Crippen LogP contribution is 2.32. The monoisotopic (exact) mass is 410 g/mol. The number of halogens is 1. The van der Waals surface area contributed by atoms with Crippen molar-refractivity contribution in [3.05, 3.63) is 58.5 Å². The van der Waals surface area contributed by atoms with Gasteiger partial charge in [0.25, 0.3) is 5.91 Å². The van der Waals surface area contributed by atoms with Crippen LogP contribution in [-0.4, -0.2) is 58.6 Å². The number of benzene rings is 1. The zero-order chi connectivity index (χ0) is 19.8. The van der Waals surface area contributed by atoms with Gasteiger partial charge in [0.2, 0.25) is 0 Å². The maximum absolute atomic E-state index is 12.7. The summed E-state index contributed by atoms with van der Waals surface area (Å²) in [6.45, 7) is 4.37. The van der Waals surface area contributed by atoms with Crippen LogP contribution in [0, 0.1) is 0 Å². The Hall–Kier alpha value is -2.44. The number of hydrogen-bond donors (Lipinski definition) is 0. The quantitative estimate of drug-likeness (QED) is 0.613. The molecule has 1 amide bonds. The smallest absolute Gasteiger partial charge is 0.272 e. The predicted molar refractivity (Wildman–Crippen MR) is 111 cm³/mol. The third kappa shape index (κ3) is 3.63. The summed E-state index contributed by atoms with van der Waals surface area (Å²) in [5.74, 6) is 0.433. The number of rotatable bonds is 4. The normalized spacial score (nSPS) is 18.4. The number of piperidine rings is 1. The van der Waals surface area contributed by atoms with E-state index in [4.69, 9.17) is 16.1 Å². The molecule has 0 atom stereocenters. The third-order valence-corrected chi connectivity index (χ3v) is 6.36. The lowest BCUT2D eigenvalue weighted by Gasteiger charge is -2.34. The van der Waals surface area contributed by atoms with Crippen LogP contribution in [0.5, 0.6) is 0 Å². The highest BCUT2D eigenvalue weighted by Gasteiger charge is 2.28. The van der Waals surface area contributed by atoms with Gasteiger partial charge < -0.3 is 14.3 Å². The molecular weight excluding hydrogens is 388 g/mol. The second kappa shape index (κ2) is 7.76. The van der Waals surface area contributed by atoms with E-state index in [0.717, 1.165) is 74.2 Å². The Morgan fingerprint density at radius 3 is 2.76 bits per heavy atom. The van der Waals surface area contributed by atoms with Crippen molar-refractivity contribution in [3.8, 4) is 0 Å². The first kappa shape index (κ1) is 18.6. The number of amides is 1. The van der Waals surface area contributed by atoms with Crippen LogP contribution in [0.2, 0.25) is 5.15 Å². The lowest BCUT2D eigenvalue weighted by molar-refractivity contribution is 0.0703. The molecule has 0 N–H and O–H groups in total. The summed E-state index contributed by atoms with van der Waals surface area (Å²) in [6, 6.07) is 11.7. The number of hydrogen-bond acceptors (Lipinski definition) is 5. The Morgan fingerprint density at radius 1 is 1.07 bits per heavy atom. The van der Waals surface area contributed by atoms with E-state index in [-0.39, 0.29) is 5.91 Å². The van der Waals surface area contributed by atoms with Crippen molar-refractivity contribution >= 4 is 28.5 Å². The number of aromatic nitrogens is 2. The summed E-state index contributed by atoms with van der Waals surface area (Å²) in [6.07, 6.45) is 2.96. The maximum Gasteiger partial charge on any atom is 0.272 e. The fourth-order valence-corrected chi connectivity index (χ4v) is 4.61. The minimum atomic E-state index is -0.00213. The molecule has 2 aromatic heterocycles. The fourth-order valence-electron chi connectivity index (χ4n) is 4.46. The van der Waals surface area contributed by atoms with Gasteiger partial charge in [0.1, 0.15) is 10.8 Å². The van der Waals surface area contributed by atoms with E-state index in [0.29, 0.717) is 16.8 Å². The summed E-state index contributed by atoms with van der Waals surface area (Å²) >= 11 is 5.98. The third-order valence-electron chi connectivity index (χ3n) is 6.15. The fraction of sp³-hybridized carbons (Fsp3) is 0.409. The SMILES string of the molecule is O=C1c2nc(Cl)ccc2CCN1CCN1CCC(c2noc3ccccc23)CC1. The first-order valence-corrected chi connectivity index (χ1v) is 10.6. The van der Waals surface area contributed by atoms with Crippen molar-refractivity contribution < 1.29 is 9.32 Å². The Bertz CT molecular complexity index is 1040. The van der Waals surface area contributed by atoms with Gasteiger partial charge in [-0.15, -0.1) is 0 Å². The van der Waals surface area contributed by atoms with Crippen LogP contribution in [0.4, 0.5) is 0 Å². The van der Waals surface area contributed by atoms with Crippen LogP contribution in [0.3, 0.4) is 0 Å². The van der Waals surface area contributed by atoms with Gasteiger partial charge in [0.15, 0.2) is 5.58 Å². The van der Waals surface area contributed by atoms with E-state index in [1.54, 1.807) is 6.07 Å². The molecule has 0 saturated carbocycles. The molecule has 1 saturated heterocycles. The van der Waals surface area contributed by atoms with E-state index in [2.05, 4.69) is 21.1 Å². The average Bonchev–Trinajstić information content (AvgIpc) is 3.18. The number of para-hydroxylation sites is 1. The predicted octanol–water partition coefficient (Wildman–Crippen LogP) is 3.75. The molecule has 2 aliphatic rings. The molecule has 4 heterocycles.